The minimum absolute atomic E-state index is 0.0204. The summed E-state index contributed by atoms with van der Waals surface area (Å²) in [5.74, 6) is 2.80. The van der Waals surface area contributed by atoms with E-state index in [9.17, 15) is 27.0 Å². The maximum absolute atomic E-state index is 13.4. The number of alkyl halides is 3. The maximum atomic E-state index is 13.4. The Morgan fingerprint density at radius 3 is 2.41 bits per heavy atom. The van der Waals surface area contributed by atoms with Crippen LogP contribution in [0.25, 0.3) is 11.1 Å². The van der Waals surface area contributed by atoms with Crippen molar-refractivity contribution >= 4 is 21.5 Å². The van der Waals surface area contributed by atoms with Gasteiger partial charge in [-0.1, -0.05) is 24.3 Å². The molecule has 1 unspecified atom stereocenters. The molecular weight excluding hydrogens is 505 g/mol. The van der Waals surface area contributed by atoms with E-state index in [-0.39, 0.29) is 29.3 Å². The van der Waals surface area contributed by atoms with Crippen LogP contribution in [0.5, 0.6) is 0 Å². The number of amides is 1. The van der Waals surface area contributed by atoms with Crippen molar-refractivity contribution in [1.29, 1.82) is 5.26 Å². The van der Waals surface area contributed by atoms with Crippen LogP contribution in [0.15, 0.2) is 64.4 Å². The molecule has 1 atom stereocenters. The Kier molecular flexibility index (Phi) is 7.83. The van der Waals surface area contributed by atoms with Gasteiger partial charge in [-0.3, -0.25) is 9.59 Å². The SMILES string of the molecule is C=S(=O)(NC#N)c1ccc(CNC(=O)c2cn(C(C)C)c(C)c(-c3cccc(C(F)(F)F)c3)c2=O)cc1. The Balaban J connectivity index is 1.97. The highest BCUT2D eigenvalue weighted by molar-refractivity contribution is 7.98. The van der Waals surface area contributed by atoms with Crippen molar-refractivity contribution in [1.82, 2.24) is 14.6 Å². The standard InChI is InChI=1S/C26H25F3N4O3S/c1-16(2)33-14-22(24(34)23(17(33)3)19-6-5-7-20(12-19)26(27,28)29)25(35)31-13-18-8-10-21(11-9-18)37(4,36)32-15-30/h5-12,14,16H,4,13H2,1-3H3,(H,31,35)(H,32,36). The molecule has 0 aliphatic heterocycles. The van der Waals surface area contributed by atoms with Crippen molar-refractivity contribution in [2.45, 2.75) is 44.4 Å². The van der Waals surface area contributed by atoms with Crippen LogP contribution in [-0.4, -0.2) is 20.6 Å². The molecule has 0 aliphatic carbocycles. The molecule has 0 fully saturated rings. The number of hydrogen-bond acceptors (Lipinski definition) is 4. The van der Waals surface area contributed by atoms with E-state index in [1.165, 1.54) is 30.5 Å². The summed E-state index contributed by atoms with van der Waals surface area (Å²) in [5, 5.41) is 11.4. The lowest BCUT2D eigenvalue weighted by molar-refractivity contribution is -0.137. The Bertz CT molecular complexity index is 1540. The molecule has 0 radical (unpaired) electrons. The second kappa shape index (κ2) is 10.5. The van der Waals surface area contributed by atoms with Gasteiger partial charge < -0.3 is 9.88 Å². The van der Waals surface area contributed by atoms with E-state index in [1.807, 2.05) is 13.8 Å². The average Bonchev–Trinajstić information content (AvgIpc) is 2.82. The van der Waals surface area contributed by atoms with Crippen LogP contribution < -0.4 is 15.5 Å². The van der Waals surface area contributed by atoms with E-state index in [0.29, 0.717) is 16.2 Å². The number of carbonyl (C=O) groups is 1. The zero-order chi connectivity index (χ0) is 27.5. The van der Waals surface area contributed by atoms with Crippen molar-refractivity contribution < 1.29 is 22.2 Å². The highest BCUT2D eigenvalue weighted by Gasteiger charge is 2.31. The molecule has 2 aromatic carbocycles. The van der Waals surface area contributed by atoms with Gasteiger partial charge >= 0.3 is 6.18 Å². The summed E-state index contributed by atoms with van der Waals surface area (Å²) in [4.78, 5) is 26.7. The summed E-state index contributed by atoms with van der Waals surface area (Å²) in [7, 11) is -2.98. The molecule has 11 heteroatoms. The van der Waals surface area contributed by atoms with Crippen molar-refractivity contribution in [2.24, 2.45) is 0 Å². The third kappa shape index (κ3) is 6.03. The zero-order valence-electron chi connectivity index (χ0n) is 20.3. The van der Waals surface area contributed by atoms with Crippen molar-refractivity contribution in [3.8, 4) is 17.3 Å². The van der Waals surface area contributed by atoms with Crippen LogP contribution >= 0.6 is 0 Å². The van der Waals surface area contributed by atoms with E-state index in [2.05, 4.69) is 15.9 Å². The van der Waals surface area contributed by atoms with E-state index in [1.54, 1.807) is 29.8 Å². The van der Waals surface area contributed by atoms with Crippen molar-refractivity contribution in [2.75, 3.05) is 0 Å². The third-order valence-electron chi connectivity index (χ3n) is 5.74. The Labute approximate surface area is 212 Å². The van der Waals surface area contributed by atoms with Crippen LogP contribution in [0.1, 0.15) is 47.1 Å². The van der Waals surface area contributed by atoms with Gasteiger partial charge in [0.1, 0.15) is 5.56 Å². The number of pyridine rings is 1. The summed E-state index contributed by atoms with van der Waals surface area (Å²) in [6, 6.07) is 10.5. The van der Waals surface area contributed by atoms with Crippen LogP contribution in [0.2, 0.25) is 0 Å². The van der Waals surface area contributed by atoms with Gasteiger partial charge in [0.15, 0.2) is 6.19 Å². The molecule has 1 amide bonds. The first-order valence-electron chi connectivity index (χ1n) is 11.1. The van der Waals surface area contributed by atoms with Gasteiger partial charge in [0, 0.05) is 30.0 Å². The third-order valence-corrected chi connectivity index (χ3v) is 7.19. The monoisotopic (exact) mass is 530 g/mol. The predicted octanol–water partition coefficient (Wildman–Crippen LogP) is 4.41. The largest absolute Gasteiger partial charge is 0.416 e. The van der Waals surface area contributed by atoms with Gasteiger partial charge in [0.2, 0.25) is 5.43 Å². The minimum atomic E-state index is -4.59. The molecule has 2 N–H and O–H groups in total. The molecule has 0 bridgehead atoms. The number of nitrogens with one attached hydrogen (secondary N) is 2. The number of nitriles is 1. The molecule has 7 nitrogen and oxygen atoms in total. The number of rotatable bonds is 7. The van der Waals surface area contributed by atoms with E-state index < -0.39 is 32.8 Å². The number of aromatic nitrogens is 1. The van der Waals surface area contributed by atoms with Gasteiger partial charge in [-0.05, 0) is 62.0 Å². The molecule has 1 aromatic heterocycles. The molecule has 0 spiro atoms. The van der Waals surface area contributed by atoms with Gasteiger partial charge in [-0.2, -0.15) is 18.4 Å². The molecular formula is C26H25F3N4O3S. The maximum Gasteiger partial charge on any atom is 0.416 e. The first-order valence-corrected chi connectivity index (χ1v) is 12.8. The fourth-order valence-corrected chi connectivity index (χ4v) is 4.69. The molecule has 194 valence electrons. The molecule has 3 aromatic rings. The normalized spacial score (nSPS) is 13.0. The molecule has 37 heavy (non-hydrogen) atoms. The van der Waals surface area contributed by atoms with E-state index >= 15 is 0 Å². The fraction of sp³-hybridized carbons (Fsp3) is 0.231. The minimum Gasteiger partial charge on any atom is -0.348 e. The highest BCUT2D eigenvalue weighted by Crippen LogP contribution is 2.32. The summed E-state index contributed by atoms with van der Waals surface area (Å²) >= 11 is 0. The molecule has 0 saturated heterocycles. The summed E-state index contributed by atoms with van der Waals surface area (Å²) in [5.41, 5.74) is -0.628. The van der Waals surface area contributed by atoms with Gasteiger partial charge in [0.05, 0.1) is 20.2 Å². The zero-order valence-corrected chi connectivity index (χ0v) is 21.2. The predicted molar refractivity (Wildman–Crippen MR) is 136 cm³/mol. The lowest BCUT2D eigenvalue weighted by Crippen LogP contribution is -2.31. The van der Waals surface area contributed by atoms with E-state index in [4.69, 9.17) is 5.26 Å². The quantitative estimate of drug-likeness (QED) is 0.268. The van der Waals surface area contributed by atoms with Gasteiger partial charge in [-0.25, -0.2) is 8.93 Å². The number of nitrogens with zero attached hydrogens (tertiary/aromatic N) is 2. The van der Waals surface area contributed by atoms with E-state index in [0.717, 1.165) is 12.1 Å². The van der Waals surface area contributed by atoms with Gasteiger partial charge in [-0.15, -0.1) is 0 Å². The highest BCUT2D eigenvalue weighted by atomic mass is 32.2. The first-order chi connectivity index (χ1) is 17.3. The second-order valence-electron chi connectivity index (χ2n) is 8.63. The second-order valence-corrected chi connectivity index (χ2v) is 10.7. The van der Waals surface area contributed by atoms with Crippen molar-refractivity contribution in [3.63, 3.8) is 0 Å². The number of benzene rings is 2. The molecule has 3 rings (SSSR count). The van der Waals surface area contributed by atoms with Crippen LogP contribution in [0.3, 0.4) is 0 Å². The van der Waals surface area contributed by atoms with Crippen LogP contribution in [0, 0.1) is 18.4 Å². The Morgan fingerprint density at radius 1 is 1.19 bits per heavy atom. The Morgan fingerprint density at radius 2 is 1.84 bits per heavy atom. The lowest BCUT2D eigenvalue weighted by atomic mass is 9.98. The van der Waals surface area contributed by atoms with Crippen molar-refractivity contribution in [3.05, 3.63) is 87.3 Å². The average molecular weight is 531 g/mol. The van der Waals surface area contributed by atoms with Gasteiger partial charge in [0.25, 0.3) is 5.91 Å². The first kappa shape index (κ1) is 27.5. The van der Waals surface area contributed by atoms with Crippen LogP contribution in [-0.2, 0) is 22.4 Å². The number of carbonyl (C=O) groups excluding carboxylic acids is 1. The summed E-state index contributed by atoms with van der Waals surface area (Å²) in [6.45, 7) is 5.32. The van der Waals surface area contributed by atoms with Crippen LogP contribution in [0.4, 0.5) is 13.2 Å². The summed E-state index contributed by atoms with van der Waals surface area (Å²) < 4.78 is 56.0. The topological polar surface area (TPSA) is 104 Å². The molecule has 1 heterocycles. The lowest BCUT2D eigenvalue weighted by Gasteiger charge is -2.20. The summed E-state index contributed by atoms with van der Waals surface area (Å²) in [6.07, 6.45) is -1.58. The smallest absolute Gasteiger partial charge is 0.348 e. The molecule has 0 saturated carbocycles. The Hall–Kier alpha value is -4.04. The number of hydrogen-bond donors (Lipinski definition) is 2. The molecule has 0 aliphatic rings. The fourth-order valence-electron chi connectivity index (χ4n) is 3.85. The number of halogens is 3.